The molecule has 0 saturated carbocycles. The van der Waals surface area contributed by atoms with Gasteiger partial charge < -0.3 is 9.80 Å². The molecule has 0 N–H and O–H groups in total. The third-order valence-electron chi connectivity index (χ3n) is 7.15. The van der Waals surface area contributed by atoms with Crippen LogP contribution in [0.2, 0.25) is 5.15 Å². The minimum absolute atomic E-state index is 0.0367. The molecule has 5 rings (SSSR count). The van der Waals surface area contributed by atoms with E-state index in [1.54, 1.807) is 47.5 Å². The highest BCUT2D eigenvalue weighted by Gasteiger charge is 2.39. The molecule has 0 amide bonds. The quantitative estimate of drug-likeness (QED) is 0.177. The van der Waals surface area contributed by atoms with Crippen molar-refractivity contribution in [3.63, 3.8) is 0 Å². The number of alkyl halides is 6. The monoisotopic (exact) mass is 610 g/mol. The van der Waals surface area contributed by atoms with Crippen LogP contribution in [0.15, 0.2) is 55.4 Å². The predicted molar refractivity (Wildman–Crippen MR) is 144 cm³/mol. The molecule has 2 atom stereocenters. The third-order valence-corrected chi connectivity index (χ3v) is 7.36. The van der Waals surface area contributed by atoms with Gasteiger partial charge in [0.1, 0.15) is 17.3 Å². The van der Waals surface area contributed by atoms with Crippen LogP contribution >= 0.6 is 11.6 Å². The average molecular weight is 611 g/mol. The van der Waals surface area contributed by atoms with Gasteiger partial charge in [-0.1, -0.05) is 18.5 Å². The fourth-order valence-electron chi connectivity index (χ4n) is 5.13. The van der Waals surface area contributed by atoms with Crippen LogP contribution in [0, 0.1) is 0 Å². The van der Waals surface area contributed by atoms with Gasteiger partial charge in [-0.2, -0.15) is 31.4 Å². The molecule has 0 radical (unpaired) electrons. The predicted octanol–water partition coefficient (Wildman–Crippen LogP) is 6.42. The molecule has 3 aromatic heterocycles. The van der Waals surface area contributed by atoms with Crippen molar-refractivity contribution >= 4 is 23.4 Å². The van der Waals surface area contributed by atoms with E-state index in [0.717, 1.165) is 17.7 Å². The molecule has 1 saturated heterocycles. The Bertz CT molecular complexity index is 1510. The Labute approximate surface area is 242 Å². The normalized spacial score (nSPS) is 17.6. The molecule has 0 bridgehead atoms. The maximum atomic E-state index is 13.6. The van der Waals surface area contributed by atoms with Gasteiger partial charge in [0, 0.05) is 62.0 Å². The number of anilines is 2. The van der Waals surface area contributed by atoms with Gasteiger partial charge >= 0.3 is 12.4 Å². The molecular formula is C27H25ClF6N8. The SMILES string of the molecule is CC[C@@H]1C[C@H](N(Cc2cc(C(F)(F)F)cc(C(F)(F)F)c2)c2ncc(-c3cnn(C)c3)cn2)CN1c1cc(Cl)ncn1. The second-order valence-corrected chi connectivity index (χ2v) is 10.4. The third kappa shape index (κ3) is 6.42. The summed E-state index contributed by atoms with van der Waals surface area (Å²) in [6.45, 7) is 2.04. The summed E-state index contributed by atoms with van der Waals surface area (Å²) in [5, 5.41) is 4.37. The van der Waals surface area contributed by atoms with Crippen LogP contribution in [0.3, 0.4) is 0 Å². The zero-order chi connectivity index (χ0) is 30.2. The van der Waals surface area contributed by atoms with Crippen LogP contribution in [0.1, 0.15) is 36.5 Å². The van der Waals surface area contributed by atoms with Crippen LogP contribution in [-0.4, -0.2) is 48.3 Å². The van der Waals surface area contributed by atoms with Crippen LogP contribution in [0.4, 0.5) is 38.1 Å². The van der Waals surface area contributed by atoms with Crippen molar-refractivity contribution in [3.05, 3.63) is 77.2 Å². The lowest BCUT2D eigenvalue weighted by atomic mass is 10.0. The molecule has 4 aromatic rings. The molecule has 1 fully saturated rings. The lowest BCUT2D eigenvalue weighted by Gasteiger charge is -2.30. The molecule has 0 spiro atoms. The summed E-state index contributed by atoms with van der Waals surface area (Å²) in [4.78, 5) is 20.8. The zero-order valence-corrected chi connectivity index (χ0v) is 23.2. The number of aromatic nitrogens is 6. The number of nitrogens with zero attached hydrogens (tertiary/aromatic N) is 8. The van der Waals surface area contributed by atoms with Crippen LogP contribution < -0.4 is 9.80 Å². The molecule has 1 aliphatic rings. The highest BCUT2D eigenvalue weighted by atomic mass is 35.5. The zero-order valence-electron chi connectivity index (χ0n) is 22.4. The van der Waals surface area contributed by atoms with Gasteiger partial charge in [0.25, 0.3) is 0 Å². The Balaban J connectivity index is 1.54. The van der Waals surface area contributed by atoms with Gasteiger partial charge in [0.2, 0.25) is 5.95 Å². The van der Waals surface area contributed by atoms with Gasteiger partial charge in [-0.25, -0.2) is 19.9 Å². The highest BCUT2D eigenvalue weighted by Crippen LogP contribution is 2.38. The van der Waals surface area contributed by atoms with E-state index in [-0.39, 0.29) is 41.4 Å². The standard InChI is InChI=1S/C27H25ClF6N8/c1-3-21-7-22(14-41(21)24-8-23(28)37-15-38-24)42(25-35-9-17(10-36-25)18-11-39-40(2)13-18)12-16-4-19(26(29,30)31)6-20(5-16)27(32,33)34/h4-6,8-11,13,15,21-22H,3,7,12,14H2,1-2H3/t21-,22+/m1/s1. The molecule has 1 aromatic carbocycles. The minimum atomic E-state index is -4.97. The van der Waals surface area contributed by atoms with Crippen molar-refractivity contribution in [1.29, 1.82) is 0 Å². The minimum Gasteiger partial charge on any atom is -0.351 e. The van der Waals surface area contributed by atoms with E-state index in [2.05, 4.69) is 25.0 Å². The maximum absolute atomic E-state index is 13.6. The van der Waals surface area contributed by atoms with Gasteiger partial charge in [-0.15, -0.1) is 0 Å². The Kier molecular flexibility index (Phi) is 8.01. The molecule has 15 heteroatoms. The van der Waals surface area contributed by atoms with Crippen molar-refractivity contribution in [2.45, 2.75) is 50.7 Å². The van der Waals surface area contributed by atoms with Crippen LogP contribution in [-0.2, 0) is 25.9 Å². The Morgan fingerprint density at radius 1 is 0.905 bits per heavy atom. The van der Waals surface area contributed by atoms with Crippen molar-refractivity contribution in [1.82, 2.24) is 29.7 Å². The summed E-state index contributed by atoms with van der Waals surface area (Å²) in [5.41, 5.74) is -1.53. The van der Waals surface area contributed by atoms with Crippen molar-refractivity contribution in [3.8, 4) is 11.1 Å². The topological polar surface area (TPSA) is 75.9 Å². The van der Waals surface area contributed by atoms with Crippen molar-refractivity contribution in [2.24, 2.45) is 7.05 Å². The van der Waals surface area contributed by atoms with Gasteiger partial charge in [0.05, 0.1) is 23.4 Å². The van der Waals surface area contributed by atoms with Gasteiger partial charge in [0.15, 0.2) is 0 Å². The number of halogens is 7. The first-order valence-electron chi connectivity index (χ1n) is 12.9. The summed E-state index contributed by atoms with van der Waals surface area (Å²) >= 11 is 6.09. The average Bonchev–Trinajstić information content (AvgIpc) is 3.57. The largest absolute Gasteiger partial charge is 0.416 e. The van der Waals surface area contributed by atoms with E-state index in [1.165, 1.54) is 6.33 Å². The lowest BCUT2D eigenvalue weighted by Crippen LogP contribution is -2.38. The second-order valence-electron chi connectivity index (χ2n) is 10.0. The van der Waals surface area contributed by atoms with E-state index in [4.69, 9.17) is 11.6 Å². The Morgan fingerprint density at radius 3 is 2.12 bits per heavy atom. The molecule has 0 unspecified atom stereocenters. The maximum Gasteiger partial charge on any atom is 0.416 e. The first kappa shape index (κ1) is 29.5. The van der Waals surface area contributed by atoms with Crippen LogP contribution in [0.25, 0.3) is 11.1 Å². The van der Waals surface area contributed by atoms with Crippen LogP contribution in [0.5, 0.6) is 0 Å². The molecular weight excluding hydrogens is 586 g/mol. The van der Waals surface area contributed by atoms with Crippen molar-refractivity contribution in [2.75, 3.05) is 16.3 Å². The molecule has 0 aliphatic carbocycles. The fourth-order valence-corrected chi connectivity index (χ4v) is 5.27. The molecule has 8 nitrogen and oxygen atoms in total. The first-order chi connectivity index (χ1) is 19.8. The first-order valence-corrected chi connectivity index (χ1v) is 13.3. The summed E-state index contributed by atoms with van der Waals surface area (Å²) in [6, 6.07) is 2.79. The second kappa shape index (κ2) is 11.4. The smallest absolute Gasteiger partial charge is 0.351 e. The van der Waals surface area contributed by atoms with E-state index in [9.17, 15) is 26.3 Å². The summed E-state index contributed by atoms with van der Waals surface area (Å²) in [5.74, 6) is 0.728. The summed E-state index contributed by atoms with van der Waals surface area (Å²) in [7, 11) is 1.76. The highest BCUT2D eigenvalue weighted by molar-refractivity contribution is 6.29. The number of hydrogen-bond donors (Lipinski definition) is 0. The molecule has 4 heterocycles. The molecule has 42 heavy (non-hydrogen) atoms. The number of hydrogen-bond acceptors (Lipinski definition) is 7. The van der Waals surface area contributed by atoms with E-state index < -0.39 is 23.5 Å². The van der Waals surface area contributed by atoms with Gasteiger partial charge in [-0.05, 0) is 36.6 Å². The van der Waals surface area contributed by atoms with E-state index in [0.29, 0.717) is 30.8 Å². The Hall–Kier alpha value is -3.94. The fraction of sp³-hybridized carbons (Fsp3) is 0.370. The van der Waals surface area contributed by atoms with Gasteiger partial charge in [-0.3, -0.25) is 4.68 Å². The lowest BCUT2D eigenvalue weighted by molar-refractivity contribution is -0.143. The molecule has 1 aliphatic heterocycles. The summed E-state index contributed by atoms with van der Waals surface area (Å²) < 4.78 is 83.4. The van der Waals surface area contributed by atoms with E-state index in [1.807, 2.05) is 11.8 Å². The summed E-state index contributed by atoms with van der Waals surface area (Å²) in [6.07, 6.45) is -0.876. The number of rotatable bonds is 7. The number of aryl methyl sites for hydroxylation is 1. The number of benzene rings is 1. The van der Waals surface area contributed by atoms with E-state index >= 15 is 0 Å². The Morgan fingerprint density at radius 2 is 1.57 bits per heavy atom. The molecule has 222 valence electrons. The van der Waals surface area contributed by atoms with Crippen molar-refractivity contribution < 1.29 is 26.3 Å².